The quantitative estimate of drug-likeness (QED) is 0.607. The van der Waals surface area contributed by atoms with E-state index in [1.165, 1.54) is 19.3 Å². The number of likely N-dealkylation sites (N-methyl/N-ethyl adjacent to an activating group) is 1. The van der Waals surface area contributed by atoms with Crippen LogP contribution in [0.1, 0.15) is 32.1 Å². The standard InChI is InChI=1S/C11H21N3O2/c1-12-10(15)7-13-8-11(16)14-9-5-3-2-4-6-9/h9,13H,2-8H2,1H3,(H,12,15)(H,14,16). The van der Waals surface area contributed by atoms with Crippen LogP contribution in [0.4, 0.5) is 0 Å². The minimum atomic E-state index is -0.106. The van der Waals surface area contributed by atoms with E-state index < -0.39 is 0 Å². The van der Waals surface area contributed by atoms with Crippen LogP contribution in [-0.4, -0.2) is 38.0 Å². The molecule has 1 rings (SSSR count). The maximum Gasteiger partial charge on any atom is 0.234 e. The Hall–Kier alpha value is -1.10. The Kier molecular flexibility index (Phi) is 5.85. The molecule has 1 fully saturated rings. The maximum atomic E-state index is 11.5. The van der Waals surface area contributed by atoms with Crippen LogP contribution in [0, 0.1) is 0 Å². The minimum Gasteiger partial charge on any atom is -0.358 e. The number of rotatable bonds is 5. The molecule has 0 spiro atoms. The third kappa shape index (κ3) is 5.11. The van der Waals surface area contributed by atoms with Crippen molar-refractivity contribution in [2.24, 2.45) is 0 Å². The van der Waals surface area contributed by atoms with E-state index in [9.17, 15) is 9.59 Å². The SMILES string of the molecule is CNC(=O)CNCC(=O)NC1CCCCC1. The summed E-state index contributed by atoms with van der Waals surface area (Å²) in [5.74, 6) is -0.124. The molecule has 0 aromatic carbocycles. The smallest absolute Gasteiger partial charge is 0.234 e. The Morgan fingerprint density at radius 1 is 1.06 bits per heavy atom. The molecule has 0 aliphatic heterocycles. The molecule has 0 aromatic rings. The highest BCUT2D eigenvalue weighted by Crippen LogP contribution is 2.16. The van der Waals surface area contributed by atoms with Gasteiger partial charge in [-0.15, -0.1) is 0 Å². The van der Waals surface area contributed by atoms with Crippen molar-refractivity contribution in [3.63, 3.8) is 0 Å². The van der Waals surface area contributed by atoms with E-state index >= 15 is 0 Å². The van der Waals surface area contributed by atoms with Crippen LogP contribution in [0.2, 0.25) is 0 Å². The first-order chi connectivity index (χ1) is 7.72. The van der Waals surface area contributed by atoms with E-state index in [2.05, 4.69) is 16.0 Å². The maximum absolute atomic E-state index is 11.5. The van der Waals surface area contributed by atoms with E-state index in [1.807, 2.05) is 0 Å². The van der Waals surface area contributed by atoms with E-state index in [0.717, 1.165) is 12.8 Å². The molecule has 0 radical (unpaired) electrons. The molecule has 1 aliphatic rings. The second-order valence-electron chi connectivity index (χ2n) is 4.18. The van der Waals surface area contributed by atoms with Crippen LogP contribution >= 0.6 is 0 Å². The number of nitrogens with one attached hydrogen (secondary N) is 3. The Morgan fingerprint density at radius 3 is 2.31 bits per heavy atom. The molecule has 5 heteroatoms. The minimum absolute atomic E-state index is 0.0178. The normalized spacial score (nSPS) is 16.8. The van der Waals surface area contributed by atoms with Gasteiger partial charge in [-0.3, -0.25) is 14.9 Å². The summed E-state index contributed by atoms with van der Waals surface area (Å²) in [6.07, 6.45) is 5.86. The summed E-state index contributed by atoms with van der Waals surface area (Å²) < 4.78 is 0. The highest BCUT2D eigenvalue weighted by atomic mass is 16.2. The van der Waals surface area contributed by atoms with E-state index in [4.69, 9.17) is 0 Å². The number of amides is 2. The zero-order valence-electron chi connectivity index (χ0n) is 9.84. The summed E-state index contributed by atoms with van der Waals surface area (Å²) >= 11 is 0. The molecule has 3 N–H and O–H groups in total. The van der Waals surface area contributed by atoms with Crippen molar-refractivity contribution in [3.05, 3.63) is 0 Å². The van der Waals surface area contributed by atoms with Crippen molar-refractivity contribution in [1.29, 1.82) is 0 Å². The number of hydrogen-bond donors (Lipinski definition) is 3. The summed E-state index contributed by atoms with van der Waals surface area (Å²) in [5.41, 5.74) is 0. The zero-order chi connectivity index (χ0) is 11.8. The molecule has 0 saturated heterocycles. The van der Waals surface area contributed by atoms with Gasteiger partial charge in [-0.1, -0.05) is 19.3 Å². The van der Waals surface area contributed by atoms with E-state index in [1.54, 1.807) is 7.05 Å². The van der Waals surface area contributed by atoms with Gasteiger partial charge in [0, 0.05) is 13.1 Å². The first-order valence-corrected chi connectivity index (χ1v) is 5.93. The Labute approximate surface area is 96.4 Å². The summed E-state index contributed by atoms with van der Waals surface area (Å²) in [4.78, 5) is 22.4. The summed E-state index contributed by atoms with van der Waals surface area (Å²) in [6.45, 7) is 0.401. The number of carbonyl (C=O) groups is 2. The highest BCUT2D eigenvalue weighted by Gasteiger charge is 2.15. The Balaban J connectivity index is 2.08. The van der Waals surface area contributed by atoms with Gasteiger partial charge in [0.25, 0.3) is 0 Å². The second-order valence-corrected chi connectivity index (χ2v) is 4.18. The topological polar surface area (TPSA) is 70.2 Å². The van der Waals surface area contributed by atoms with E-state index in [-0.39, 0.29) is 24.9 Å². The molecule has 0 atom stereocenters. The molecule has 0 heterocycles. The molecule has 0 aromatic heterocycles. The fourth-order valence-electron chi connectivity index (χ4n) is 1.90. The molecular weight excluding hydrogens is 206 g/mol. The van der Waals surface area contributed by atoms with Gasteiger partial charge in [-0.05, 0) is 12.8 Å². The van der Waals surface area contributed by atoms with Crippen molar-refractivity contribution in [3.8, 4) is 0 Å². The first-order valence-electron chi connectivity index (χ1n) is 5.93. The summed E-state index contributed by atoms with van der Waals surface area (Å²) in [7, 11) is 1.58. The predicted molar refractivity (Wildman–Crippen MR) is 62.0 cm³/mol. The number of hydrogen-bond acceptors (Lipinski definition) is 3. The fourth-order valence-corrected chi connectivity index (χ4v) is 1.90. The van der Waals surface area contributed by atoms with Gasteiger partial charge in [0.05, 0.1) is 13.1 Å². The van der Waals surface area contributed by atoms with Crippen LogP contribution in [0.5, 0.6) is 0 Å². The van der Waals surface area contributed by atoms with Gasteiger partial charge in [0.1, 0.15) is 0 Å². The third-order valence-electron chi connectivity index (χ3n) is 2.82. The molecule has 1 saturated carbocycles. The third-order valence-corrected chi connectivity index (χ3v) is 2.82. The lowest BCUT2D eigenvalue weighted by Crippen LogP contribution is -2.43. The molecule has 2 amide bonds. The monoisotopic (exact) mass is 227 g/mol. The number of carbonyl (C=O) groups excluding carboxylic acids is 2. The van der Waals surface area contributed by atoms with Crippen LogP contribution < -0.4 is 16.0 Å². The first kappa shape index (κ1) is 13.0. The van der Waals surface area contributed by atoms with Crippen LogP contribution in [0.3, 0.4) is 0 Å². The Bertz CT molecular complexity index is 237. The largest absolute Gasteiger partial charge is 0.358 e. The van der Waals surface area contributed by atoms with Crippen molar-refractivity contribution < 1.29 is 9.59 Å². The lowest BCUT2D eigenvalue weighted by atomic mass is 9.95. The van der Waals surface area contributed by atoms with Crippen molar-refractivity contribution in [2.75, 3.05) is 20.1 Å². The lowest BCUT2D eigenvalue weighted by molar-refractivity contribution is -0.121. The molecule has 1 aliphatic carbocycles. The van der Waals surface area contributed by atoms with Gasteiger partial charge in [-0.25, -0.2) is 0 Å². The lowest BCUT2D eigenvalue weighted by Gasteiger charge is -2.22. The van der Waals surface area contributed by atoms with Gasteiger partial charge in [-0.2, -0.15) is 0 Å². The second kappa shape index (κ2) is 7.22. The van der Waals surface area contributed by atoms with Gasteiger partial charge in [0.2, 0.25) is 11.8 Å². The molecule has 16 heavy (non-hydrogen) atoms. The molecule has 0 bridgehead atoms. The van der Waals surface area contributed by atoms with E-state index in [0.29, 0.717) is 6.04 Å². The average molecular weight is 227 g/mol. The predicted octanol–water partition coefficient (Wildman–Crippen LogP) is -0.229. The molecular formula is C11H21N3O2. The van der Waals surface area contributed by atoms with Gasteiger partial charge >= 0.3 is 0 Å². The average Bonchev–Trinajstić information content (AvgIpc) is 2.30. The van der Waals surface area contributed by atoms with Crippen molar-refractivity contribution in [1.82, 2.24) is 16.0 Å². The fraction of sp³-hybridized carbons (Fsp3) is 0.818. The highest BCUT2D eigenvalue weighted by molar-refractivity contribution is 5.81. The van der Waals surface area contributed by atoms with Crippen LogP contribution in [0.15, 0.2) is 0 Å². The van der Waals surface area contributed by atoms with Crippen molar-refractivity contribution >= 4 is 11.8 Å². The van der Waals surface area contributed by atoms with Crippen LogP contribution in [-0.2, 0) is 9.59 Å². The Morgan fingerprint density at radius 2 is 1.69 bits per heavy atom. The summed E-state index contributed by atoms with van der Waals surface area (Å²) in [6, 6.07) is 0.336. The molecule has 5 nitrogen and oxygen atoms in total. The van der Waals surface area contributed by atoms with Crippen LogP contribution in [0.25, 0.3) is 0 Å². The van der Waals surface area contributed by atoms with Crippen molar-refractivity contribution in [2.45, 2.75) is 38.1 Å². The van der Waals surface area contributed by atoms with Gasteiger partial charge in [0.15, 0.2) is 0 Å². The van der Waals surface area contributed by atoms with Gasteiger partial charge < -0.3 is 10.6 Å². The summed E-state index contributed by atoms with van der Waals surface area (Å²) in [5, 5.41) is 8.27. The zero-order valence-corrected chi connectivity index (χ0v) is 9.84. The molecule has 92 valence electrons. The molecule has 0 unspecified atom stereocenters.